The van der Waals surface area contributed by atoms with Gasteiger partial charge >= 0.3 is 0 Å². The van der Waals surface area contributed by atoms with Gasteiger partial charge in [-0.3, -0.25) is 0 Å². The molecule has 13 heavy (non-hydrogen) atoms. The third kappa shape index (κ3) is 2.04. The molecule has 0 heterocycles. The summed E-state index contributed by atoms with van der Waals surface area (Å²) in [5.74, 6) is 0. The number of rotatable bonds is 2. The summed E-state index contributed by atoms with van der Waals surface area (Å²) in [7, 11) is 2.01. The summed E-state index contributed by atoms with van der Waals surface area (Å²) in [5.41, 5.74) is 4.67. The zero-order valence-electron chi connectivity index (χ0n) is 7.97. The first-order valence-corrected chi connectivity index (χ1v) is 4.66. The summed E-state index contributed by atoms with van der Waals surface area (Å²) in [6.45, 7) is 1.02. The van der Waals surface area contributed by atoms with E-state index in [2.05, 4.69) is 23.5 Å². The largest absolute Gasteiger partial charge is 0.316 e. The predicted molar refractivity (Wildman–Crippen MR) is 58.5 cm³/mol. The first-order valence-electron chi connectivity index (χ1n) is 4.66. The van der Waals surface area contributed by atoms with Crippen LogP contribution in [0.5, 0.6) is 0 Å². The fraction of sp³-hybridized carbons (Fsp3) is 0.455. The van der Waals surface area contributed by atoms with Gasteiger partial charge in [0.05, 0.1) is 0 Å². The van der Waals surface area contributed by atoms with Crippen molar-refractivity contribution in [3.05, 3.63) is 34.9 Å². The molecular weight excluding hydrogens is 182 g/mol. The molecule has 2 rings (SSSR count). The molecule has 0 saturated carbocycles. The quantitative estimate of drug-likeness (QED) is 0.768. The second-order valence-corrected chi connectivity index (χ2v) is 3.44. The van der Waals surface area contributed by atoms with Crippen molar-refractivity contribution < 1.29 is 0 Å². The predicted octanol–water partition coefficient (Wildman–Crippen LogP) is 2.32. The third-order valence-electron chi connectivity index (χ3n) is 2.61. The minimum Gasteiger partial charge on any atom is -0.316 e. The third-order valence-corrected chi connectivity index (χ3v) is 2.61. The Morgan fingerprint density at radius 3 is 2.92 bits per heavy atom. The number of benzene rings is 1. The Hall–Kier alpha value is -0.530. The Morgan fingerprint density at radius 1 is 1.31 bits per heavy atom. The molecule has 0 bridgehead atoms. The molecule has 0 spiro atoms. The minimum absolute atomic E-state index is 0. The molecular formula is C11H16ClN. The van der Waals surface area contributed by atoms with E-state index in [0.717, 1.165) is 6.54 Å². The molecule has 1 N–H and O–H groups in total. The molecule has 0 fully saturated rings. The smallest absolute Gasteiger partial charge is 0.0205 e. The van der Waals surface area contributed by atoms with Crippen LogP contribution >= 0.6 is 12.4 Å². The Kier molecular flexibility index (Phi) is 3.76. The van der Waals surface area contributed by atoms with E-state index in [0.29, 0.717) is 0 Å². The maximum atomic E-state index is 3.21. The summed E-state index contributed by atoms with van der Waals surface area (Å²) in [6.07, 6.45) is 3.91. The molecule has 1 aliphatic rings. The highest BCUT2D eigenvalue weighted by Gasteiger charge is 2.12. The molecule has 1 aromatic rings. The van der Waals surface area contributed by atoms with Crippen LogP contribution in [0.1, 0.15) is 23.1 Å². The average Bonchev–Trinajstić information content (AvgIpc) is 2.53. The maximum absolute atomic E-state index is 3.21. The van der Waals surface area contributed by atoms with Gasteiger partial charge in [-0.05, 0) is 43.0 Å². The molecule has 2 heteroatoms. The van der Waals surface area contributed by atoms with E-state index in [1.54, 1.807) is 11.1 Å². The van der Waals surface area contributed by atoms with Crippen molar-refractivity contribution in [3.8, 4) is 0 Å². The van der Waals surface area contributed by atoms with Gasteiger partial charge in [0.2, 0.25) is 0 Å². The van der Waals surface area contributed by atoms with Crippen molar-refractivity contribution in [2.24, 2.45) is 0 Å². The minimum atomic E-state index is 0. The lowest BCUT2D eigenvalue weighted by molar-refractivity contribution is 0.804. The molecule has 0 radical (unpaired) electrons. The van der Waals surface area contributed by atoms with Crippen molar-refractivity contribution in [2.45, 2.75) is 25.8 Å². The molecule has 72 valence electrons. The second-order valence-electron chi connectivity index (χ2n) is 3.44. The van der Waals surface area contributed by atoms with Crippen LogP contribution in [0.25, 0.3) is 0 Å². The first kappa shape index (κ1) is 10.6. The highest BCUT2D eigenvalue weighted by molar-refractivity contribution is 5.85. The fourth-order valence-corrected chi connectivity index (χ4v) is 2.05. The Bertz CT molecular complexity index is 283. The van der Waals surface area contributed by atoms with E-state index < -0.39 is 0 Å². The zero-order chi connectivity index (χ0) is 8.39. The molecule has 0 aromatic heterocycles. The van der Waals surface area contributed by atoms with Crippen molar-refractivity contribution in [1.82, 2.24) is 5.32 Å². The molecule has 1 aromatic carbocycles. The fourth-order valence-electron chi connectivity index (χ4n) is 2.05. The topological polar surface area (TPSA) is 12.0 Å². The first-order chi connectivity index (χ1) is 5.92. The number of hydrogen-bond acceptors (Lipinski definition) is 1. The molecule has 0 saturated heterocycles. The van der Waals surface area contributed by atoms with Gasteiger partial charge in [-0.2, -0.15) is 0 Å². The maximum Gasteiger partial charge on any atom is 0.0205 e. The van der Waals surface area contributed by atoms with Gasteiger partial charge in [0, 0.05) is 6.54 Å². The van der Waals surface area contributed by atoms with Crippen LogP contribution in [0.4, 0.5) is 0 Å². The molecule has 1 nitrogen and oxygen atoms in total. The zero-order valence-corrected chi connectivity index (χ0v) is 8.79. The standard InChI is InChI=1S/C11H15N.ClH/c1-12-8-10-6-2-4-9-5-3-7-11(9)10;/h2,4,6,12H,3,5,7-8H2,1H3;1H. The molecule has 0 amide bonds. The van der Waals surface area contributed by atoms with E-state index >= 15 is 0 Å². The van der Waals surface area contributed by atoms with E-state index in [1.807, 2.05) is 7.05 Å². The van der Waals surface area contributed by atoms with Crippen molar-refractivity contribution in [2.75, 3.05) is 7.05 Å². The molecule has 0 atom stereocenters. The number of hydrogen-bond donors (Lipinski definition) is 1. The normalized spacial score (nSPS) is 13.6. The number of halogens is 1. The van der Waals surface area contributed by atoms with Crippen molar-refractivity contribution >= 4 is 12.4 Å². The lowest BCUT2D eigenvalue weighted by Crippen LogP contribution is -2.07. The van der Waals surface area contributed by atoms with Crippen LogP contribution in [-0.2, 0) is 19.4 Å². The summed E-state index contributed by atoms with van der Waals surface area (Å²) in [5, 5.41) is 3.21. The molecule has 0 unspecified atom stereocenters. The summed E-state index contributed by atoms with van der Waals surface area (Å²) in [4.78, 5) is 0. The van der Waals surface area contributed by atoms with Gasteiger partial charge in [0.15, 0.2) is 0 Å². The Morgan fingerprint density at radius 2 is 2.15 bits per heavy atom. The summed E-state index contributed by atoms with van der Waals surface area (Å²) >= 11 is 0. The number of nitrogens with one attached hydrogen (secondary N) is 1. The van der Waals surface area contributed by atoms with Crippen molar-refractivity contribution in [1.29, 1.82) is 0 Å². The lowest BCUT2D eigenvalue weighted by Gasteiger charge is -2.06. The highest BCUT2D eigenvalue weighted by Crippen LogP contribution is 2.24. The van der Waals surface area contributed by atoms with Gasteiger partial charge in [-0.1, -0.05) is 18.2 Å². The van der Waals surface area contributed by atoms with Crippen LogP contribution in [0, 0.1) is 0 Å². The molecule has 0 aliphatic heterocycles. The monoisotopic (exact) mass is 197 g/mol. The second kappa shape index (κ2) is 4.64. The van der Waals surface area contributed by atoms with Gasteiger partial charge in [-0.15, -0.1) is 12.4 Å². The van der Waals surface area contributed by atoms with Gasteiger partial charge < -0.3 is 5.32 Å². The van der Waals surface area contributed by atoms with Gasteiger partial charge in [0.1, 0.15) is 0 Å². The van der Waals surface area contributed by atoms with Crippen LogP contribution in [0.3, 0.4) is 0 Å². The number of fused-ring (bicyclic) bond motifs is 1. The van der Waals surface area contributed by atoms with E-state index in [4.69, 9.17) is 0 Å². The highest BCUT2D eigenvalue weighted by atomic mass is 35.5. The van der Waals surface area contributed by atoms with Crippen LogP contribution < -0.4 is 5.32 Å². The summed E-state index contributed by atoms with van der Waals surface area (Å²) < 4.78 is 0. The average molecular weight is 198 g/mol. The lowest BCUT2D eigenvalue weighted by atomic mass is 10.0. The molecule has 1 aliphatic carbocycles. The van der Waals surface area contributed by atoms with E-state index in [-0.39, 0.29) is 12.4 Å². The summed E-state index contributed by atoms with van der Waals surface area (Å²) in [6, 6.07) is 6.68. The van der Waals surface area contributed by atoms with Crippen LogP contribution in [0.15, 0.2) is 18.2 Å². The van der Waals surface area contributed by atoms with Crippen LogP contribution in [-0.4, -0.2) is 7.05 Å². The Labute approximate surface area is 86.0 Å². The van der Waals surface area contributed by atoms with Gasteiger partial charge in [0.25, 0.3) is 0 Å². The van der Waals surface area contributed by atoms with Crippen molar-refractivity contribution in [3.63, 3.8) is 0 Å². The van der Waals surface area contributed by atoms with Crippen LogP contribution in [0.2, 0.25) is 0 Å². The van der Waals surface area contributed by atoms with E-state index in [1.165, 1.54) is 24.8 Å². The SMILES string of the molecule is CNCc1cccc2c1CCC2.Cl. The van der Waals surface area contributed by atoms with Gasteiger partial charge in [-0.25, -0.2) is 0 Å². The van der Waals surface area contributed by atoms with E-state index in [9.17, 15) is 0 Å². The number of aryl methyl sites for hydroxylation is 1. The Balaban J connectivity index is 0.000000845.